The maximum absolute atomic E-state index is 11.5. The monoisotopic (exact) mass is 305 g/mol. The van der Waals surface area contributed by atoms with Crippen molar-refractivity contribution in [1.82, 2.24) is 4.98 Å². The maximum Gasteiger partial charge on any atom is 0.232 e. The van der Waals surface area contributed by atoms with E-state index in [1.165, 1.54) is 0 Å². The van der Waals surface area contributed by atoms with E-state index in [0.717, 1.165) is 11.3 Å². The zero-order valence-electron chi connectivity index (χ0n) is 12.1. The molecular formula is C15H19N3O2S. The molecule has 1 atom stereocenters. The quantitative estimate of drug-likeness (QED) is 0.860. The van der Waals surface area contributed by atoms with Crippen LogP contribution in [0.2, 0.25) is 0 Å². The largest absolute Gasteiger partial charge is 0.377 e. The first-order valence-corrected chi connectivity index (χ1v) is 8.42. The van der Waals surface area contributed by atoms with Crippen LogP contribution in [0.4, 0.5) is 11.4 Å². The molecule has 0 aliphatic heterocycles. The third-order valence-electron chi connectivity index (χ3n) is 3.11. The number of rotatable bonds is 6. The van der Waals surface area contributed by atoms with E-state index in [0.29, 0.717) is 5.69 Å². The third kappa shape index (κ3) is 4.46. The Bertz CT molecular complexity index is 670. The van der Waals surface area contributed by atoms with Crippen LogP contribution in [0.3, 0.4) is 0 Å². The van der Waals surface area contributed by atoms with Gasteiger partial charge in [-0.3, -0.25) is 9.71 Å². The van der Waals surface area contributed by atoms with E-state index in [-0.39, 0.29) is 11.8 Å². The van der Waals surface area contributed by atoms with Gasteiger partial charge in [0.15, 0.2) is 0 Å². The molecule has 0 radical (unpaired) electrons. The second-order valence-electron chi connectivity index (χ2n) is 4.74. The molecule has 0 fully saturated rings. The van der Waals surface area contributed by atoms with Crippen molar-refractivity contribution in [3.8, 4) is 0 Å². The highest BCUT2D eigenvalue weighted by molar-refractivity contribution is 7.92. The van der Waals surface area contributed by atoms with E-state index in [1.807, 2.05) is 31.2 Å². The van der Waals surface area contributed by atoms with Gasteiger partial charge in [0.05, 0.1) is 11.4 Å². The predicted molar refractivity (Wildman–Crippen MR) is 85.8 cm³/mol. The Morgan fingerprint density at radius 2 is 1.86 bits per heavy atom. The van der Waals surface area contributed by atoms with Crippen LogP contribution in [0.5, 0.6) is 0 Å². The van der Waals surface area contributed by atoms with Gasteiger partial charge >= 0.3 is 0 Å². The zero-order valence-corrected chi connectivity index (χ0v) is 12.9. The summed E-state index contributed by atoms with van der Waals surface area (Å²) in [6.45, 7) is 3.65. The van der Waals surface area contributed by atoms with Crippen LogP contribution >= 0.6 is 0 Å². The standard InChI is InChI=1S/C15H19N3O2S/c1-3-21(19,20)18-14-8-6-13(7-9-14)12(2)17-15-5-4-10-16-11-15/h4-12,17-18H,3H2,1-2H3. The lowest BCUT2D eigenvalue weighted by Crippen LogP contribution is -2.14. The van der Waals surface area contributed by atoms with Gasteiger partial charge < -0.3 is 5.32 Å². The van der Waals surface area contributed by atoms with Crippen molar-refractivity contribution in [3.05, 3.63) is 54.4 Å². The molecule has 0 saturated carbocycles. The summed E-state index contributed by atoms with van der Waals surface area (Å²) < 4.78 is 25.5. The number of benzene rings is 1. The van der Waals surface area contributed by atoms with Crippen LogP contribution in [-0.2, 0) is 10.0 Å². The molecule has 1 aromatic carbocycles. The molecule has 0 aliphatic carbocycles. The minimum Gasteiger partial charge on any atom is -0.377 e. The molecular weight excluding hydrogens is 286 g/mol. The lowest BCUT2D eigenvalue weighted by molar-refractivity contribution is 0.602. The summed E-state index contributed by atoms with van der Waals surface area (Å²) in [4.78, 5) is 4.06. The fourth-order valence-corrected chi connectivity index (χ4v) is 2.51. The normalized spacial score (nSPS) is 12.7. The lowest BCUT2D eigenvalue weighted by atomic mass is 10.1. The molecule has 1 unspecified atom stereocenters. The Hall–Kier alpha value is -2.08. The van der Waals surface area contributed by atoms with Crippen molar-refractivity contribution in [2.24, 2.45) is 0 Å². The van der Waals surface area contributed by atoms with E-state index < -0.39 is 10.0 Å². The van der Waals surface area contributed by atoms with E-state index in [4.69, 9.17) is 0 Å². The van der Waals surface area contributed by atoms with Crippen LogP contribution < -0.4 is 10.0 Å². The minimum absolute atomic E-state index is 0.0632. The molecule has 0 spiro atoms. The summed E-state index contributed by atoms with van der Waals surface area (Å²) >= 11 is 0. The van der Waals surface area contributed by atoms with E-state index in [9.17, 15) is 8.42 Å². The molecule has 1 aromatic heterocycles. The maximum atomic E-state index is 11.5. The van der Waals surface area contributed by atoms with Gasteiger partial charge in [-0.1, -0.05) is 12.1 Å². The highest BCUT2D eigenvalue weighted by atomic mass is 32.2. The van der Waals surface area contributed by atoms with Crippen LogP contribution in [0.1, 0.15) is 25.5 Å². The smallest absolute Gasteiger partial charge is 0.232 e. The Morgan fingerprint density at radius 1 is 1.14 bits per heavy atom. The summed E-state index contributed by atoms with van der Waals surface area (Å²) in [5.41, 5.74) is 2.59. The Morgan fingerprint density at radius 3 is 2.43 bits per heavy atom. The first kappa shape index (κ1) is 15.3. The average Bonchev–Trinajstić information content (AvgIpc) is 2.48. The van der Waals surface area contributed by atoms with Gasteiger partial charge in [0.25, 0.3) is 0 Å². The highest BCUT2D eigenvalue weighted by Crippen LogP contribution is 2.20. The zero-order chi connectivity index (χ0) is 15.3. The molecule has 1 heterocycles. The average molecular weight is 305 g/mol. The number of nitrogens with zero attached hydrogens (tertiary/aromatic N) is 1. The molecule has 0 bridgehead atoms. The van der Waals surface area contributed by atoms with Gasteiger partial charge in [-0.25, -0.2) is 8.42 Å². The molecule has 6 heteroatoms. The highest BCUT2D eigenvalue weighted by Gasteiger charge is 2.08. The molecule has 21 heavy (non-hydrogen) atoms. The SMILES string of the molecule is CCS(=O)(=O)Nc1ccc(C(C)Nc2cccnc2)cc1. The van der Waals surface area contributed by atoms with Crippen LogP contribution in [0.25, 0.3) is 0 Å². The molecule has 0 amide bonds. The van der Waals surface area contributed by atoms with Gasteiger partial charge in [0.1, 0.15) is 0 Å². The van der Waals surface area contributed by atoms with Crippen LogP contribution in [0.15, 0.2) is 48.8 Å². The second kappa shape index (κ2) is 6.58. The number of pyridine rings is 1. The Kier molecular flexibility index (Phi) is 4.80. The van der Waals surface area contributed by atoms with Gasteiger partial charge in [-0.2, -0.15) is 0 Å². The van der Waals surface area contributed by atoms with Gasteiger partial charge in [-0.05, 0) is 43.7 Å². The van der Waals surface area contributed by atoms with Crippen molar-refractivity contribution in [2.75, 3.05) is 15.8 Å². The van der Waals surface area contributed by atoms with E-state index in [2.05, 4.69) is 15.0 Å². The number of hydrogen-bond donors (Lipinski definition) is 2. The Labute approximate surface area is 125 Å². The Balaban J connectivity index is 2.05. The fraction of sp³-hybridized carbons (Fsp3) is 0.267. The van der Waals surface area contributed by atoms with Crippen LogP contribution in [-0.4, -0.2) is 19.2 Å². The van der Waals surface area contributed by atoms with Crippen molar-refractivity contribution in [3.63, 3.8) is 0 Å². The van der Waals surface area contributed by atoms with Gasteiger partial charge in [0, 0.05) is 24.1 Å². The molecule has 5 nitrogen and oxygen atoms in total. The van der Waals surface area contributed by atoms with Gasteiger partial charge in [-0.15, -0.1) is 0 Å². The van der Waals surface area contributed by atoms with Crippen molar-refractivity contribution in [1.29, 1.82) is 0 Å². The number of aromatic nitrogens is 1. The fourth-order valence-electron chi connectivity index (χ4n) is 1.87. The minimum atomic E-state index is -3.23. The first-order chi connectivity index (χ1) is 10.00. The molecule has 2 aromatic rings. The van der Waals surface area contributed by atoms with Crippen molar-refractivity contribution >= 4 is 21.4 Å². The summed E-state index contributed by atoms with van der Waals surface area (Å²) in [6.07, 6.45) is 3.49. The van der Waals surface area contributed by atoms with Gasteiger partial charge in [0.2, 0.25) is 10.0 Å². The predicted octanol–water partition coefficient (Wildman–Crippen LogP) is 3.02. The molecule has 112 valence electrons. The first-order valence-electron chi connectivity index (χ1n) is 6.77. The second-order valence-corrected chi connectivity index (χ2v) is 6.75. The molecule has 2 N–H and O–H groups in total. The lowest BCUT2D eigenvalue weighted by Gasteiger charge is -2.16. The number of nitrogens with one attached hydrogen (secondary N) is 2. The summed E-state index contributed by atoms with van der Waals surface area (Å²) in [6, 6.07) is 11.3. The summed E-state index contributed by atoms with van der Waals surface area (Å²) in [5, 5.41) is 3.34. The molecule has 2 rings (SSSR count). The van der Waals surface area contributed by atoms with E-state index in [1.54, 1.807) is 31.5 Å². The summed E-state index contributed by atoms with van der Waals surface area (Å²) in [5.74, 6) is 0.0632. The van der Waals surface area contributed by atoms with Crippen molar-refractivity contribution < 1.29 is 8.42 Å². The summed E-state index contributed by atoms with van der Waals surface area (Å²) in [7, 11) is -3.23. The molecule has 0 saturated heterocycles. The number of anilines is 2. The third-order valence-corrected chi connectivity index (χ3v) is 4.42. The number of sulfonamides is 1. The van der Waals surface area contributed by atoms with Crippen LogP contribution in [0, 0.1) is 0 Å². The van der Waals surface area contributed by atoms with Crippen molar-refractivity contribution in [2.45, 2.75) is 19.9 Å². The molecule has 0 aliphatic rings. The number of hydrogen-bond acceptors (Lipinski definition) is 4. The topological polar surface area (TPSA) is 71.1 Å². The van der Waals surface area contributed by atoms with E-state index >= 15 is 0 Å².